The van der Waals surface area contributed by atoms with Gasteiger partial charge in [-0.2, -0.15) is 13.2 Å². The van der Waals surface area contributed by atoms with Crippen molar-refractivity contribution >= 4 is 22.4 Å². The van der Waals surface area contributed by atoms with Crippen molar-refractivity contribution in [3.8, 4) is 0 Å². The zero-order valence-electron chi connectivity index (χ0n) is 10.7. The zero-order chi connectivity index (χ0) is 14.6. The van der Waals surface area contributed by atoms with Gasteiger partial charge >= 0.3 is 6.18 Å². The van der Waals surface area contributed by atoms with E-state index in [0.717, 1.165) is 16.3 Å². The Balaban J connectivity index is 1.99. The smallest absolute Gasteiger partial charge is 0.372 e. The SMILES string of the molecule is FC(F)(F)COCCC(Cl)c1cccc2ccccc12. The van der Waals surface area contributed by atoms with Crippen LogP contribution in [0.15, 0.2) is 42.5 Å². The highest BCUT2D eigenvalue weighted by molar-refractivity contribution is 6.21. The van der Waals surface area contributed by atoms with E-state index >= 15 is 0 Å². The predicted octanol–water partition coefficient (Wildman–Crippen LogP) is 5.09. The van der Waals surface area contributed by atoms with Crippen LogP contribution in [0.25, 0.3) is 10.8 Å². The van der Waals surface area contributed by atoms with E-state index in [1.54, 1.807) is 0 Å². The van der Waals surface area contributed by atoms with E-state index in [2.05, 4.69) is 4.74 Å². The first-order valence-corrected chi connectivity index (χ1v) is 6.67. The van der Waals surface area contributed by atoms with Gasteiger partial charge in [-0.1, -0.05) is 42.5 Å². The Morgan fingerprint density at radius 1 is 1.05 bits per heavy atom. The first kappa shape index (κ1) is 15.1. The lowest BCUT2D eigenvalue weighted by Gasteiger charge is -2.13. The summed E-state index contributed by atoms with van der Waals surface area (Å²) in [6, 6.07) is 13.5. The molecule has 0 N–H and O–H groups in total. The van der Waals surface area contributed by atoms with Gasteiger partial charge in [0.05, 0.1) is 5.38 Å². The van der Waals surface area contributed by atoms with Gasteiger partial charge < -0.3 is 4.74 Å². The van der Waals surface area contributed by atoms with Gasteiger partial charge in [-0.25, -0.2) is 0 Å². The van der Waals surface area contributed by atoms with Crippen molar-refractivity contribution in [2.45, 2.75) is 18.0 Å². The first-order valence-electron chi connectivity index (χ1n) is 6.23. The van der Waals surface area contributed by atoms with Crippen LogP contribution in [0.3, 0.4) is 0 Å². The molecule has 1 nitrogen and oxygen atoms in total. The maximum Gasteiger partial charge on any atom is 0.411 e. The third-order valence-corrected chi connectivity index (χ3v) is 3.40. The summed E-state index contributed by atoms with van der Waals surface area (Å²) in [7, 11) is 0. The standard InChI is InChI=1S/C15H14ClF3O/c16-14(8-9-20-10-15(17,18)19)13-7-3-5-11-4-1-2-6-12(11)13/h1-7,14H,8-10H2. The molecule has 0 heterocycles. The van der Waals surface area contributed by atoms with E-state index in [1.807, 2.05) is 42.5 Å². The maximum absolute atomic E-state index is 12.0. The van der Waals surface area contributed by atoms with Crippen LogP contribution in [0, 0.1) is 0 Å². The minimum atomic E-state index is -4.29. The van der Waals surface area contributed by atoms with Crippen LogP contribution >= 0.6 is 11.6 Å². The summed E-state index contributed by atoms with van der Waals surface area (Å²) in [6.07, 6.45) is -3.95. The Kier molecular flexibility index (Phi) is 4.89. The van der Waals surface area contributed by atoms with Gasteiger partial charge in [-0.3, -0.25) is 0 Å². The number of alkyl halides is 4. The van der Waals surface area contributed by atoms with Crippen LogP contribution in [-0.2, 0) is 4.74 Å². The third-order valence-electron chi connectivity index (χ3n) is 2.94. The number of hydrogen-bond acceptors (Lipinski definition) is 1. The van der Waals surface area contributed by atoms with Gasteiger partial charge in [0.15, 0.2) is 0 Å². The van der Waals surface area contributed by atoms with Gasteiger partial charge in [0.1, 0.15) is 6.61 Å². The largest absolute Gasteiger partial charge is 0.411 e. The molecule has 0 aliphatic heterocycles. The molecule has 1 unspecified atom stereocenters. The van der Waals surface area contributed by atoms with Crippen molar-refractivity contribution in [3.63, 3.8) is 0 Å². The number of benzene rings is 2. The van der Waals surface area contributed by atoms with Gasteiger partial charge in [0, 0.05) is 6.61 Å². The Labute approximate surface area is 120 Å². The maximum atomic E-state index is 12.0. The van der Waals surface area contributed by atoms with Gasteiger partial charge in [0.25, 0.3) is 0 Å². The molecule has 0 aliphatic rings. The number of hydrogen-bond donors (Lipinski definition) is 0. The van der Waals surface area contributed by atoms with Crippen LogP contribution in [0.1, 0.15) is 17.4 Å². The second-order valence-corrected chi connectivity index (χ2v) is 5.02. The van der Waals surface area contributed by atoms with E-state index < -0.39 is 12.8 Å². The fourth-order valence-electron chi connectivity index (χ4n) is 2.05. The van der Waals surface area contributed by atoms with E-state index in [1.165, 1.54) is 0 Å². The molecular weight excluding hydrogens is 289 g/mol. The van der Waals surface area contributed by atoms with E-state index in [-0.39, 0.29) is 12.0 Å². The van der Waals surface area contributed by atoms with Gasteiger partial charge in [-0.15, -0.1) is 11.6 Å². The molecule has 0 spiro atoms. The Morgan fingerprint density at radius 2 is 1.75 bits per heavy atom. The molecule has 0 saturated heterocycles. The fourth-order valence-corrected chi connectivity index (χ4v) is 2.33. The van der Waals surface area contributed by atoms with Crippen LogP contribution in [0.4, 0.5) is 13.2 Å². The van der Waals surface area contributed by atoms with Gasteiger partial charge in [0.2, 0.25) is 0 Å². The van der Waals surface area contributed by atoms with Crippen LogP contribution in [0.2, 0.25) is 0 Å². The van der Waals surface area contributed by atoms with E-state index in [0.29, 0.717) is 6.42 Å². The van der Waals surface area contributed by atoms with Crippen molar-refractivity contribution in [1.82, 2.24) is 0 Å². The van der Waals surface area contributed by atoms with Crippen molar-refractivity contribution in [2.75, 3.05) is 13.2 Å². The average Bonchev–Trinajstić information content (AvgIpc) is 2.41. The molecule has 1 atom stereocenters. The molecule has 0 bridgehead atoms. The van der Waals surface area contributed by atoms with Crippen molar-refractivity contribution in [3.05, 3.63) is 48.0 Å². The highest BCUT2D eigenvalue weighted by Gasteiger charge is 2.27. The molecule has 2 rings (SSSR count). The highest BCUT2D eigenvalue weighted by Crippen LogP contribution is 2.30. The number of fused-ring (bicyclic) bond motifs is 1. The minimum Gasteiger partial charge on any atom is -0.372 e. The molecule has 0 aromatic heterocycles. The Hall–Kier alpha value is -1.26. The molecular formula is C15H14ClF3O. The van der Waals surface area contributed by atoms with Crippen molar-refractivity contribution < 1.29 is 17.9 Å². The average molecular weight is 303 g/mol. The summed E-state index contributed by atoms with van der Waals surface area (Å²) < 4.78 is 40.5. The van der Waals surface area contributed by atoms with Gasteiger partial charge in [-0.05, 0) is 22.8 Å². The van der Waals surface area contributed by atoms with Crippen molar-refractivity contribution in [2.24, 2.45) is 0 Å². The quantitative estimate of drug-likeness (QED) is 0.552. The topological polar surface area (TPSA) is 9.23 Å². The molecule has 0 amide bonds. The lowest BCUT2D eigenvalue weighted by molar-refractivity contribution is -0.174. The molecule has 2 aromatic rings. The van der Waals surface area contributed by atoms with Crippen LogP contribution < -0.4 is 0 Å². The molecule has 0 radical (unpaired) electrons. The summed E-state index contributed by atoms with van der Waals surface area (Å²) in [6.45, 7) is -1.25. The minimum absolute atomic E-state index is 0.0170. The first-order chi connectivity index (χ1) is 9.47. The Bertz CT molecular complexity index is 563. The third kappa shape index (κ3) is 4.12. The lowest BCUT2D eigenvalue weighted by Crippen LogP contribution is -2.17. The fraction of sp³-hybridized carbons (Fsp3) is 0.333. The second kappa shape index (κ2) is 6.46. The molecule has 0 aliphatic carbocycles. The second-order valence-electron chi connectivity index (χ2n) is 4.49. The summed E-state index contributed by atoms with van der Waals surface area (Å²) in [5.74, 6) is 0. The van der Waals surface area contributed by atoms with E-state index in [4.69, 9.17) is 11.6 Å². The van der Waals surface area contributed by atoms with E-state index in [9.17, 15) is 13.2 Å². The number of rotatable bonds is 5. The number of ether oxygens (including phenoxy) is 1. The van der Waals surface area contributed by atoms with Crippen LogP contribution in [-0.4, -0.2) is 19.4 Å². The summed E-state index contributed by atoms with van der Waals surface area (Å²) in [5.41, 5.74) is 0.917. The summed E-state index contributed by atoms with van der Waals surface area (Å²) >= 11 is 6.27. The van der Waals surface area contributed by atoms with Crippen molar-refractivity contribution in [1.29, 1.82) is 0 Å². The normalized spacial score (nSPS) is 13.6. The molecule has 2 aromatic carbocycles. The number of halogens is 4. The lowest BCUT2D eigenvalue weighted by atomic mass is 10.0. The molecule has 20 heavy (non-hydrogen) atoms. The highest BCUT2D eigenvalue weighted by atomic mass is 35.5. The Morgan fingerprint density at radius 3 is 2.50 bits per heavy atom. The zero-order valence-corrected chi connectivity index (χ0v) is 11.4. The predicted molar refractivity (Wildman–Crippen MR) is 74.0 cm³/mol. The molecule has 0 fully saturated rings. The summed E-state index contributed by atoms with van der Waals surface area (Å²) in [4.78, 5) is 0. The molecule has 108 valence electrons. The molecule has 0 saturated carbocycles. The van der Waals surface area contributed by atoms with Crippen LogP contribution in [0.5, 0.6) is 0 Å². The summed E-state index contributed by atoms with van der Waals surface area (Å²) in [5, 5.41) is 1.71. The molecule has 5 heteroatoms. The monoisotopic (exact) mass is 302 g/mol.